The molecule has 0 unspecified atom stereocenters. The highest BCUT2D eigenvalue weighted by Gasteiger charge is 2.18. The Labute approximate surface area is 150 Å². The number of nitrogens with zero attached hydrogens (tertiary/aromatic N) is 4. The van der Waals surface area contributed by atoms with Gasteiger partial charge in [0.25, 0.3) is 0 Å². The van der Waals surface area contributed by atoms with Crippen molar-refractivity contribution in [2.24, 2.45) is 0 Å². The zero-order valence-electron chi connectivity index (χ0n) is 15.1. The van der Waals surface area contributed by atoms with Gasteiger partial charge in [-0.15, -0.1) is 0 Å². The summed E-state index contributed by atoms with van der Waals surface area (Å²) in [5, 5.41) is 0. The average molecular weight is 338 g/mol. The Hall–Kier alpha value is -2.24. The highest BCUT2D eigenvalue weighted by atomic mass is 16.5. The molecule has 0 saturated carbocycles. The lowest BCUT2D eigenvalue weighted by Gasteiger charge is -2.35. The van der Waals surface area contributed by atoms with E-state index in [-0.39, 0.29) is 0 Å². The normalized spacial score (nSPS) is 16.2. The van der Waals surface area contributed by atoms with Gasteiger partial charge in [-0.3, -0.25) is 9.88 Å². The summed E-state index contributed by atoms with van der Waals surface area (Å²) in [5.74, 6) is 0.975. The van der Waals surface area contributed by atoms with E-state index in [9.17, 15) is 0 Å². The van der Waals surface area contributed by atoms with Crippen molar-refractivity contribution in [1.82, 2.24) is 14.9 Å². The molecule has 0 amide bonds. The number of piperazine rings is 1. The van der Waals surface area contributed by atoms with Gasteiger partial charge in [0.05, 0.1) is 12.8 Å². The van der Waals surface area contributed by atoms with Crippen LogP contribution in [-0.2, 0) is 11.3 Å². The number of aromatic nitrogens is 2. The summed E-state index contributed by atoms with van der Waals surface area (Å²) >= 11 is 0. The van der Waals surface area contributed by atoms with E-state index < -0.39 is 0 Å². The van der Waals surface area contributed by atoms with Gasteiger partial charge in [0.2, 0.25) is 0 Å². The molecule has 1 aromatic heterocycles. The first kappa shape index (κ1) is 17.6. The smallest absolute Gasteiger partial charge is 0.147 e. The molecule has 1 saturated heterocycles. The summed E-state index contributed by atoms with van der Waals surface area (Å²) in [6.07, 6.45) is 7.60. The number of rotatable bonds is 6. The number of methoxy groups -OCH3 is 1. The summed E-state index contributed by atoms with van der Waals surface area (Å²) in [6, 6.07) is 8.43. The fourth-order valence-electron chi connectivity index (χ4n) is 3.22. The Bertz CT molecular complexity index is 694. The standard InChI is InChI=1S/C20H26N4O/c1-17(13-18-5-3-4-6-19(18)16-25-2)15-23-9-11-24(12-10-23)20-14-21-7-8-22-20/h3-8,13-14H,9-12,15-16H2,1-2H3/b17-13+. The van der Waals surface area contributed by atoms with Crippen molar-refractivity contribution < 1.29 is 4.74 Å². The van der Waals surface area contributed by atoms with Crippen LogP contribution in [-0.4, -0.2) is 54.7 Å². The molecule has 1 aliphatic heterocycles. The van der Waals surface area contributed by atoms with E-state index in [0.29, 0.717) is 6.61 Å². The number of hydrogen-bond donors (Lipinski definition) is 0. The lowest BCUT2D eigenvalue weighted by atomic mass is 10.1. The van der Waals surface area contributed by atoms with Crippen LogP contribution in [0.25, 0.3) is 6.08 Å². The molecule has 0 N–H and O–H groups in total. The zero-order chi connectivity index (χ0) is 17.5. The van der Waals surface area contributed by atoms with Crippen molar-refractivity contribution in [3.63, 3.8) is 0 Å². The molecular weight excluding hydrogens is 312 g/mol. The predicted molar refractivity (Wildman–Crippen MR) is 101 cm³/mol. The quantitative estimate of drug-likeness (QED) is 0.810. The first-order chi connectivity index (χ1) is 12.3. The molecule has 25 heavy (non-hydrogen) atoms. The third kappa shape index (κ3) is 4.87. The van der Waals surface area contributed by atoms with Crippen molar-refractivity contribution in [1.29, 1.82) is 0 Å². The monoisotopic (exact) mass is 338 g/mol. The maximum atomic E-state index is 5.30. The molecule has 3 rings (SSSR count). The lowest BCUT2D eigenvalue weighted by molar-refractivity contribution is 0.184. The van der Waals surface area contributed by atoms with Gasteiger partial charge in [0, 0.05) is 52.2 Å². The highest BCUT2D eigenvalue weighted by Crippen LogP contribution is 2.16. The van der Waals surface area contributed by atoms with E-state index >= 15 is 0 Å². The molecule has 5 heteroatoms. The molecule has 132 valence electrons. The molecule has 0 aliphatic carbocycles. The van der Waals surface area contributed by atoms with Crippen molar-refractivity contribution in [3.8, 4) is 0 Å². The number of benzene rings is 1. The molecule has 0 bridgehead atoms. The van der Waals surface area contributed by atoms with Gasteiger partial charge in [-0.05, 0) is 18.1 Å². The van der Waals surface area contributed by atoms with Gasteiger partial charge < -0.3 is 9.64 Å². The van der Waals surface area contributed by atoms with Crippen LogP contribution in [0.4, 0.5) is 5.82 Å². The first-order valence-electron chi connectivity index (χ1n) is 8.73. The molecular formula is C20H26N4O. The lowest BCUT2D eigenvalue weighted by Crippen LogP contribution is -2.47. The van der Waals surface area contributed by atoms with Gasteiger partial charge >= 0.3 is 0 Å². The summed E-state index contributed by atoms with van der Waals surface area (Å²) in [5.41, 5.74) is 3.85. The second-order valence-corrected chi connectivity index (χ2v) is 6.45. The van der Waals surface area contributed by atoms with Gasteiger partial charge in [0.15, 0.2) is 0 Å². The summed E-state index contributed by atoms with van der Waals surface area (Å²) < 4.78 is 5.30. The van der Waals surface area contributed by atoms with Crippen LogP contribution in [0.5, 0.6) is 0 Å². The second kappa shape index (κ2) is 8.74. The number of ether oxygens (including phenoxy) is 1. The SMILES string of the molecule is COCc1ccccc1/C=C(\C)CN1CCN(c2cnccn2)CC1. The number of anilines is 1. The first-order valence-corrected chi connectivity index (χ1v) is 8.73. The molecule has 2 heterocycles. The van der Waals surface area contributed by atoms with Crippen molar-refractivity contribution in [2.75, 3.05) is 44.7 Å². The van der Waals surface area contributed by atoms with Crippen LogP contribution in [0.15, 0.2) is 48.4 Å². The number of hydrogen-bond acceptors (Lipinski definition) is 5. The Kier molecular flexibility index (Phi) is 6.14. The van der Waals surface area contributed by atoms with E-state index in [0.717, 1.165) is 38.5 Å². The molecule has 1 aromatic carbocycles. The highest BCUT2D eigenvalue weighted by molar-refractivity contribution is 5.56. The Morgan fingerprint density at radius 3 is 2.68 bits per heavy atom. The minimum Gasteiger partial charge on any atom is -0.380 e. The third-order valence-corrected chi connectivity index (χ3v) is 4.48. The molecule has 0 atom stereocenters. The van der Waals surface area contributed by atoms with E-state index in [2.05, 4.69) is 57.0 Å². The Balaban J connectivity index is 1.57. The zero-order valence-corrected chi connectivity index (χ0v) is 15.1. The van der Waals surface area contributed by atoms with Gasteiger partial charge in [-0.25, -0.2) is 4.98 Å². The van der Waals surface area contributed by atoms with E-state index in [1.165, 1.54) is 16.7 Å². The molecule has 1 aliphatic rings. The molecule has 0 spiro atoms. The van der Waals surface area contributed by atoms with Crippen molar-refractivity contribution >= 4 is 11.9 Å². The van der Waals surface area contributed by atoms with Crippen molar-refractivity contribution in [2.45, 2.75) is 13.5 Å². The summed E-state index contributed by atoms with van der Waals surface area (Å²) in [7, 11) is 1.74. The van der Waals surface area contributed by atoms with Crippen LogP contribution in [0.1, 0.15) is 18.1 Å². The maximum Gasteiger partial charge on any atom is 0.147 e. The summed E-state index contributed by atoms with van der Waals surface area (Å²) in [6.45, 7) is 7.92. The van der Waals surface area contributed by atoms with Crippen LogP contribution in [0.2, 0.25) is 0 Å². The topological polar surface area (TPSA) is 41.5 Å². The Morgan fingerprint density at radius 1 is 1.16 bits per heavy atom. The largest absolute Gasteiger partial charge is 0.380 e. The van der Waals surface area contributed by atoms with Gasteiger partial charge in [0.1, 0.15) is 5.82 Å². The van der Waals surface area contributed by atoms with Gasteiger partial charge in [-0.1, -0.05) is 35.9 Å². The molecule has 2 aromatic rings. The Morgan fingerprint density at radius 2 is 1.96 bits per heavy atom. The average Bonchev–Trinajstić information content (AvgIpc) is 2.65. The van der Waals surface area contributed by atoms with Crippen LogP contribution in [0.3, 0.4) is 0 Å². The fourth-order valence-corrected chi connectivity index (χ4v) is 3.22. The molecule has 0 radical (unpaired) electrons. The molecule has 1 fully saturated rings. The minimum atomic E-state index is 0.650. The summed E-state index contributed by atoms with van der Waals surface area (Å²) in [4.78, 5) is 13.4. The maximum absolute atomic E-state index is 5.30. The fraction of sp³-hybridized carbons (Fsp3) is 0.400. The predicted octanol–water partition coefficient (Wildman–Crippen LogP) is 2.85. The van der Waals surface area contributed by atoms with E-state index in [1.807, 2.05) is 6.20 Å². The van der Waals surface area contributed by atoms with E-state index in [1.54, 1.807) is 19.5 Å². The van der Waals surface area contributed by atoms with Crippen LogP contribution >= 0.6 is 0 Å². The minimum absolute atomic E-state index is 0.650. The van der Waals surface area contributed by atoms with Crippen molar-refractivity contribution in [3.05, 3.63) is 59.6 Å². The van der Waals surface area contributed by atoms with Gasteiger partial charge in [-0.2, -0.15) is 0 Å². The third-order valence-electron chi connectivity index (χ3n) is 4.48. The van der Waals surface area contributed by atoms with E-state index in [4.69, 9.17) is 4.74 Å². The van der Waals surface area contributed by atoms with Crippen LogP contribution in [0, 0.1) is 0 Å². The molecule has 5 nitrogen and oxygen atoms in total. The van der Waals surface area contributed by atoms with Crippen LogP contribution < -0.4 is 4.90 Å². The second-order valence-electron chi connectivity index (χ2n) is 6.45.